The smallest absolute Gasteiger partial charge is 0.267 e. The third-order valence-electron chi connectivity index (χ3n) is 5.70. The number of methoxy groups -OCH3 is 1. The highest BCUT2D eigenvalue weighted by Gasteiger charge is 2.30. The topological polar surface area (TPSA) is 32.8 Å². The molecule has 1 amide bonds. The molecule has 0 radical (unpaired) electrons. The van der Waals surface area contributed by atoms with Gasteiger partial charge in [0.05, 0.1) is 7.11 Å². The number of piperazine rings is 1. The molecule has 1 saturated heterocycles. The summed E-state index contributed by atoms with van der Waals surface area (Å²) < 4.78 is 19.9. The zero-order valence-electron chi connectivity index (χ0n) is 15.2. The van der Waals surface area contributed by atoms with Crippen LogP contribution < -0.4 is 4.74 Å². The van der Waals surface area contributed by atoms with Crippen LogP contribution in [0.15, 0.2) is 18.2 Å². The summed E-state index contributed by atoms with van der Waals surface area (Å²) in [5.74, 6) is 0.199. The van der Waals surface area contributed by atoms with Crippen LogP contribution in [0.25, 0.3) is 10.1 Å². The summed E-state index contributed by atoms with van der Waals surface area (Å²) in [6, 6.07) is 5.29. The fraction of sp³-hybridized carbons (Fsp3) is 0.550. The third kappa shape index (κ3) is 3.32. The molecule has 2 aliphatic rings. The summed E-state index contributed by atoms with van der Waals surface area (Å²) in [5.41, 5.74) is 0. The van der Waals surface area contributed by atoms with Crippen molar-refractivity contribution in [1.29, 1.82) is 0 Å². The van der Waals surface area contributed by atoms with E-state index in [9.17, 15) is 9.18 Å². The van der Waals surface area contributed by atoms with Gasteiger partial charge in [0.1, 0.15) is 16.4 Å². The Morgan fingerprint density at radius 1 is 1.15 bits per heavy atom. The van der Waals surface area contributed by atoms with E-state index in [1.54, 1.807) is 13.2 Å². The molecular formula is C20H25FN2O2S. The first-order valence-corrected chi connectivity index (χ1v) is 10.3. The van der Waals surface area contributed by atoms with Crippen LogP contribution in [0.2, 0.25) is 0 Å². The van der Waals surface area contributed by atoms with Crippen LogP contribution in [0.4, 0.5) is 4.39 Å². The van der Waals surface area contributed by atoms with Crippen LogP contribution in [0.1, 0.15) is 41.8 Å². The predicted octanol–water partition coefficient (Wildman–Crippen LogP) is 4.14. The molecule has 1 aliphatic carbocycles. The van der Waals surface area contributed by atoms with Gasteiger partial charge in [0.2, 0.25) is 0 Å². The number of amides is 1. The lowest BCUT2D eigenvalue weighted by atomic mass is 9.94. The number of nitrogens with zero attached hydrogens (tertiary/aromatic N) is 2. The fourth-order valence-corrected chi connectivity index (χ4v) is 5.39. The third-order valence-corrected chi connectivity index (χ3v) is 6.84. The summed E-state index contributed by atoms with van der Waals surface area (Å²) >= 11 is 1.39. The molecule has 2 heterocycles. The Labute approximate surface area is 157 Å². The Morgan fingerprint density at radius 3 is 2.58 bits per heavy atom. The number of hydrogen-bond acceptors (Lipinski definition) is 4. The summed E-state index contributed by atoms with van der Waals surface area (Å²) in [6.07, 6.45) is 6.62. The van der Waals surface area contributed by atoms with Crippen molar-refractivity contribution < 1.29 is 13.9 Å². The predicted molar refractivity (Wildman–Crippen MR) is 103 cm³/mol. The summed E-state index contributed by atoms with van der Waals surface area (Å²) in [7, 11) is 1.55. The number of thiophene rings is 1. The van der Waals surface area contributed by atoms with Gasteiger partial charge in [0.15, 0.2) is 0 Å². The Kier molecular flexibility index (Phi) is 5.14. The second-order valence-corrected chi connectivity index (χ2v) is 8.28. The molecule has 26 heavy (non-hydrogen) atoms. The van der Waals surface area contributed by atoms with Crippen molar-refractivity contribution in [1.82, 2.24) is 9.80 Å². The van der Waals surface area contributed by atoms with Crippen molar-refractivity contribution in [2.75, 3.05) is 33.3 Å². The molecule has 0 N–H and O–H groups in total. The zero-order chi connectivity index (χ0) is 18.1. The molecule has 4 nitrogen and oxygen atoms in total. The Morgan fingerprint density at radius 2 is 1.88 bits per heavy atom. The van der Waals surface area contributed by atoms with E-state index < -0.39 is 0 Å². The fourth-order valence-electron chi connectivity index (χ4n) is 4.27. The lowest BCUT2D eigenvalue weighted by Crippen LogP contribution is -2.52. The van der Waals surface area contributed by atoms with Gasteiger partial charge in [-0.2, -0.15) is 0 Å². The van der Waals surface area contributed by atoms with Crippen LogP contribution in [0.5, 0.6) is 5.75 Å². The SMILES string of the molecule is COc1c(C(=O)N2CCN(C3CCCCC3)CC2)sc2ccc(F)cc12. The van der Waals surface area contributed by atoms with Crippen LogP contribution >= 0.6 is 11.3 Å². The van der Waals surface area contributed by atoms with E-state index >= 15 is 0 Å². The highest BCUT2D eigenvalue weighted by atomic mass is 32.1. The number of carbonyl (C=O) groups is 1. The van der Waals surface area contributed by atoms with Gasteiger partial charge in [-0.05, 0) is 31.0 Å². The molecule has 0 spiro atoms. The molecule has 0 unspecified atom stereocenters. The van der Waals surface area contributed by atoms with Crippen LogP contribution in [-0.4, -0.2) is 55.0 Å². The van der Waals surface area contributed by atoms with E-state index in [0.717, 1.165) is 30.9 Å². The van der Waals surface area contributed by atoms with Crippen LogP contribution in [0, 0.1) is 5.82 Å². The molecule has 0 bridgehead atoms. The lowest BCUT2D eigenvalue weighted by molar-refractivity contribution is 0.0525. The molecule has 4 rings (SSSR count). The minimum Gasteiger partial charge on any atom is -0.494 e. The van der Waals surface area contributed by atoms with Gasteiger partial charge >= 0.3 is 0 Å². The van der Waals surface area contributed by atoms with E-state index in [0.29, 0.717) is 22.1 Å². The van der Waals surface area contributed by atoms with E-state index in [1.807, 2.05) is 4.90 Å². The highest BCUT2D eigenvalue weighted by molar-refractivity contribution is 7.21. The average molecular weight is 376 g/mol. The van der Waals surface area contributed by atoms with Gasteiger partial charge in [0.25, 0.3) is 5.91 Å². The molecule has 1 aromatic carbocycles. The monoisotopic (exact) mass is 376 g/mol. The largest absolute Gasteiger partial charge is 0.494 e. The number of ether oxygens (including phenoxy) is 1. The maximum Gasteiger partial charge on any atom is 0.267 e. The molecule has 1 aromatic heterocycles. The van der Waals surface area contributed by atoms with Crippen LogP contribution in [0.3, 0.4) is 0 Å². The number of benzene rings is 1. The quantitative estimate of drug-likeness (QED) is 0.807. The first kappa shape index (κ1) is 17.7. The first-order chi connectivity index (χ1) is 12.7. The molecule has 140 valence electrons. The van der Waals surface area contributed by atoms with E-state index in [4.69, 9.17) is 4.74 Å². The first-order valence-electron chi connectivity index (χ1n) is 9.46. The molecule has 1 aliphatic heterocycles. The second-order valence-electron chi connectivity index (χ2n) is 7.22. The molecular weight excluding hydrogens is 351 g/mol. The molecule has 2 aromatic rings. The van der Waals surface area contributed by atoms with Gasteiger partial charge in [-0.3, -0.25) is 9.69 Å². The lowest BCUT2D eigenvalue weighted by Gasteiger charge is -2.40. The van der Waals surface area contributed by atoms with Crippen molar-refractivity contribution in [2.24, 2.45) is 0 Å². The van der Waals surface area contributed by atoms with Gasteiger partial charge in [-0.15, -0.1) is 11.3 Å². The number of carbonyl (C=O) groups excluding carboxylic acids is 1. The second kappa shape index (κ2) is 7.53. The maximum absolute atomic E-state index is 13.6. The average Bonchev–Trinajstić information content (AvgIpc) is 3.06. The molecule has 6 heteroatoms. The van der Waals surface area contributed by atoms with Gasteiger partial charge in [-0.1, -0.05) is 19.3 Å². The van der Waals surface area contributed by atoms with Crippen molar-refractivity contribution in [3.8, 4) is 5.75 Å². The van der Waals surface area contributed by atoms with Crippen molar-refractivity contribution >= 4 is 27.3 Å². The van der Waals surface area contributed by atoms with Crippen molar-refractivity contribution in [3.63, 3.8) is 0 Å². The Balaban J connectivity index is 1.49. The van der Waals surface area contributed by atoms with E-state index in [-0.39, 0.29) is 11.7 Å². The molecule has 1 saturated carbocycles. The molecule has 0 atom stereocenters. The minimum atomic E-state index is -0.311. The van der Waals surface area contributed by atoms with Gasteiger partial charge in [-0.25, -0.2) is 4.39 Å². The van der Waals surface area contributed by atoms with Gasteiger partial charge < -0.3 is 9.64 Å². The zero-order valence-corrected chi connectivity index (χ0v) is 16.0. The minimum absolute atomic E-state index is 0.00625. The Hall–Kier alpha value is -1.66. The maximum atomic E-state index is 13.6. The summed E-state index contributed by atoms with van der Waals surface area (Å²) in [4.78, 5) is 18.1. The summed E-state index contributed by atoms with van der Waals surface area (Å²) in [5, 5.41) is 0.682. The van der Waals surface area contributed by atoms with E-state index in [2.05, 4.69) is 4.90 Å². The standard InChI is InChI=1S/C20H25FN2O2S/c1-25-18-16-13-14(21)7-8-17(16)26-19(18)20(24)23-11-9-22(10-12-23)15-5-3-2-4-6-15/h7-8,13,15H,2-6,9-12H2,1H3. The number of halogens is 1. The Bertz CT molecular complexity index is 792. The van der Waals surface area contributed by atoms with Crippen molar-refractivity contribution in [2.45, 2.75) is 38.1 Å². The van der Waals surface area contributed by atoms with Gasteiger partial charge in [0, 0.05) is 42.3 Å². The van der Waals surface area contributed by atoms with Crippen molar-refractivity contribution in [3.05, 3.63) is 28.9 Å². The molecule has 2 fully saturated rings. The number of rotatable bonds is 3. The normalized spacial score (nSPS) is 19.8. The van der Waals surface area contributed by atoms with E-state index in [1.165, 1.54) is 55.6 Å². The number of fused-ring (bicyclic) bond motifs is 1. The number of hydrogen-bond donors (Lipinski definition) is 0. The van der Waals surface area contributed by atoms with Crippen LogP contribution in [-0.2, 0) is 0 Å². The highest BCUT2D eigenvalue weighted by Crippen LogP contribution is 2.39. The summed E-state index contributed by atoms with van der Waals surface area (Å²) in [6.45, 7) is 3.39.